The predicted molar refractivity (Wildman–Crippen MR) is 75.5 cm³/mol. The molecule has 0 amide bonds. The van der Waals surface area contributed by atoms with Gasteiger partial charge in [0.1, 0.15) is 0 Å². The Labute approximate surface area is 119 Å². The van der Waals surface area contributed by atoms with Gasteiger partial charge in [0.15, 0.2) is 0 Å². The van der Waals surface area contributed by atoms with Crippen molar-refractivity contribution in [2.45, 2.75) is 13.3 Å². The Morgan fingerprint density at radius 1 is 1.40 bits per heavy atom. The molecule has 0 fully saturated rings. The minimum absolute atomic E-state index is 0.00139. The van der Waals surface area contributed by atoms with Gasteiger partial charge in [-0.1, -0.05) is 6.92 Å². The van der Waals surface area contributed by atoms with Crippen LogP contribution in [0.5, 0.6) is 0 Å². The zero-order chi connectivity index (χ0) is 15.2. The summed E-state index contributed by atoms with van der Waals surface area (Å²) in [6.45, 7) is 1.76. The van der Waals surface area contributed by atoms with E-state index >= 15 is 0 Å². The lowest BCUT2D eigenvalue weighted by Gasteiger charge is -2.20. The van der Waals surface area contributed by atoms with Crippen LogP contribution in [0.4, 0.5) is 0 Å². The second-order valence-electron chi connectivity index (χ2n) is 4.63. The third-order valence-corrected chi connectivity index (χ3v) is 4.83. The number of sulfonamides is 1. The third-order valence-electron chi connectivity index (χ3n) is 3.01. The molecule has 1 unspecified atom stereocenters. The van der Waals surface area contributed by atoms with Crippen molar-refractivity contribution >= 4 is 16.0 Å². The van der Waals surface area contributed by atoms with Crippen LogP contribution in [0.2, 0.25) is 0 Å². The zero-order valence-corrected chi connectivity index (χ0v) is 12.8. The number of esters is 1. The monoisotopic (exact) mass is 300 g/mol. The average molecular weight is 300 g/mol. The summed E-state index contributed by atoms with van der Waals surface area (Å²) in [6.07, 6.45) is 3.68. The molecule has 0 bridgehead atoms. The largest absolute Gasteiger partial charge is 0.469 e. The molecule has 1 rings (SSSR count). The van der Waals surface area contributed by atoms with Crippen LogP contribution < -0.4 is 0 Å². The number of aromatic nitrogens is 1. The number of aryl methyl sites for hydroxylation is 1. The van der Waals surface area contributed by atoms with E-state index in [0.717, 1.165) is 5.56 Å². The molecule has 0 aromatic carbocycles. The minimum atomic E-state index is -3.39. The molecule has 20 heavy (non-hydrogen) atoms. The standard InChI is InChI=1S/C13H20N2O4S/c1-11(13(16)19-3)10-15(2)20(17,18)9-6-12-4-7-14-8-5-12/h4-5,7-8,11H,6,9-10H2,1-3H3. The number of pyridine rings is 1. The second-order valence-corrected chi connectivity index (χ2v) is 6.82. The molecule has 0 saturated heterocycles. The maximum absolute atomic E-state index is 12.1. The lowest BCUT2D eigenvalue weighted by Crippen LogP contribution is -2.36. The molecular weight excluding hydrogens is 280 g/mol. The predicted octanol–water partition coefficient (Wildman–Crippen LogP) is 0.695. The molecule has 0 N–H and O–H groups in total. The molecule has 1 heterocycles. The summed E-state index contributed by atoms with van der Waals surface area (Å²) >= 11 is 0. The van der Waals surface area contributed by atoms with E-state index in [1.165, 1.54) is 18.5 Å². The van der Waals surface area contributed by atoms with Gasteiger partial charge in [0.2, 0.25) is 10.0 Å². The van der Waals surface area contributed by atoms with E-state index in [9.17, 15) is 13.2 Å². The molecule has 0 saturated carbocycles. The Morgan fingerprint density at radius 3 is 2.55 bits per heavy atom. The Morgan fingerprint density at radius 2 is 2.00 bits per heavy atom. The van der Waals surface area contributed by atoms with Crippen LogP contribution in [-0.4, -0.2) is 50.1 Å². The van der Waals surface area contributed by atoms with Crippen LogP contribution in [0.1, 0.15) is 12.5 Å². The highest BCUT2D eigenvalue weighted by Gasteiger charge is 2.23. The average Bonchev–Trinajstić information content (AvgIpc) is 2.45. The summed E-state index contributed by atoms with van der Waals surface area (Å²) in [4.78, 5) is 15.2. The second kappa shape index (κ2) is 7.35. The molecule has 0 aliphatic carbocycles. The lowest BCUT2D eigenvalue weighted by atomic mass is 10.2. The fourth-order valence-electron chi connectivity index (χ4n) is 1.73. The number of nitrogens with zero attached hydrogens (tertiary/aromatic N) is 2. The summed E-state index contributed by atoms with van der Waals surface area (Å²) in [5.74, 6) is -0.900. The van der Waals surface area contributed by atoms with Gasteiger partial charge < -0.3 is 4.74 Å². The van der Waals surface area contributed by atoms with Gasteiger partial charge in [0.05, 0.1) is 18.8 Å². The van der Waals surface area contributed by atoms with E-state index in [4.69, 9.17) is 0 Å². The molecule has 1 atom stereocenters. The van der Waals surface area contributed by atoms with Crippen LogP contribution in [0.15, 0.2) is 24.5 Å². The highest BCUT2D eigenvalue weighted by atomic mass is 32.2. The molecule has 0 radical (unpaired) electrons. The minimum Gasteiger partial charge on any atom is -0.469 e. The fraction of sp³-hybridized carbons (Fsp3) is 0.538. The highest BCUT2D eigenvalue weighted by molar-refractivity contribution is 7.89. The summed E-state index contributed by atoms with van der Waals surface area (Å²) in [5, 5.41) is 0. The maximum Gasteiger partial charge on any atom is 0.309 e. The first-order valence-corrected chi connectivity index (χ1v) is 7.88. The van der Waals surface area contributed by atoms with Gasteiger partial charge in [-0.15, -0.1) is 0 Å². The Hall–Kier alpha value is -1.47. The van der Waals surface area contributed by atoms with Gasteiger partial charge in [-0.25, -0.2) is 12.7 Å². The molecule has 112 valence electrons. The smallest absolute Gasteiger partial charge is 0.309 e. The molecule has 1 aromatic heterocycles. The lowest BCUT2D eigenvalue weighted by molar-refractivity contribution is -0.144. The topological polar surface area (TPSA) is 76.6 Å². The van der Waals surface area contributed by atoms with E-state index in [2.05, 4.69) is 9.72 Å². The van der Waals surface area contributed by atoms with Gasteiger partial charge in [-0.3, -0.25) is 9.78 Å². The Balaban J connectivity index is 2.57. The third kappa shape index (κ3) is 4.90. The van der Waals surface area contributed by atoms with Crippen molar-refractivity contribution in [3.63, 3.8) is 0 Å². The fourth-order valence-corrected chi connectivity index (χ4v) is 2.98. The highest BCUT2D eigenvalue weighted by Crippen LogP contribution is 2.08. The van der Waals surface area contributed by atoms with E-state index in [-0.39, 0.29) is 12.3 Å². The van der Waals surface area contributed by atoms with Gasteiger partial charge >= 0.3 is 5.97 Å². The van der Waals surface area contributed by atoms with Gasteiger partial charge in [0.25, 0.3) is 0 Å². The molecule has 7 heteroatoms. The van der Waals surface area contributed by atoms with Gasteiger partial charge in [0, 0.05) is 26.0 Å². The van der Waals surface area contributed by atoms with E-state index in [0.29, 0.717) is 6.42 Å². The summed E-state index contributed by atoms with van der Waals surface area (Å²) in [5.41, 5.74) is 0.915. The maximum atomic E-state index is 12.1. The van der Waals surface area contributed by atoms with Crippen molar-refractivity contribution < 1.29 is 17.9 Å². The van der Waals surface area contributed by atoms with Crippen molar-refractivity contribution in [3.05, 3.63) is 30.1 Å². The quantitative estimate of drug-likeness (QED) is 0.693. The molecule has 0 aliphatic rings. The molecule has 0 aliphatic heterocycles. The SMILES string of the molecule is COC(=O)C(C)CN(C)S(=O)(=O)CCc1ccncc1. The first-order valence-electron chi connectivity index (χ1n) is 6.27. The van der Waals surface area contributed by atoms with Crippen molar-refractivity contribution in [1.29, 1.82) is 0 Å². The summed E-state index contributed by atoms with van der Waals surface area (Å²) < 4.78 is 30.0. The van der Waals surface area contributed by atoms with Crippen LogP contribution >= 0.6 is 0 Å². The number of carbonyl (C=O) groups excluding carboxylic acids is 1. The van der Waals surface area contributed by atoms with Crippen molar-refractivity contribution in [2.24, 2.45) is 5.92 Å². The van der Waals surface area contributed by atoms with Crippen LogP contribution in [0.3, 0.4) is 0 Å². The van der Waals surface area contributed by atoms with Crippen molar-refractivity contribution in [3.8, 4) is 0 Å². The van der Waals surface area contributed by atoms with Crippen LogP contribution in [-0.2, 0) is 26.0 Å². The van der Waals surface area contributed by atoms with E-state index in [1.807, 2.05) is 0 Å². The van der Waals surface area contributed by atoms with Crippen molar-refractivity contribution in [2.75, 3.05) is 26.5 Å². The normalized spacial score (nSPS) is 13.2. The van der Waals surface area contributed by atoms with E-state index in [1.54, 1.807) is 31.5 Å². The molecule has 6 nitrogen and oxygen atoms in total. The first-order chi connectivity index (χ1) is 9.36. The zero-order valence-electron chi connectivity index (χ0n) is 11.9. The number of methoxy groups -OCH3 is 1. The molecular formula is C13H20N2O4S. The van der Waals surface area contributed by atoms with E-state index < -0.39 is 21.9 Å². The van der Waals surface area contributed by atoms with Gasteiger partial charge in [-0.05, 0) is 24.1 Å². The van der Waals surface area contributed by atoms with Crippen LogP contribution in [0.25, 0.3) is 0 Å². The first kappa shape index (κ1) is 16.6. The van der Waals surface area contributed by atoms with Crippen molar-refractivity contribution in [1.82, 2.24) is 9.29 Å². The Kier molecular flexibility index (Phi) is 6.09. The number of carbonyl (C=O) groups is 1. The number of rotatable bonds is 7. The van der Waals surface area contributed by atoms with Crippen LogP contribution in [0, 0.1) is 5.92 Å². The number of hydrogen-bond donors (Lipinski definition) is 0. The van der Waals surface area contributed by atoms with Gasteiger partial charge in [-0.2, -0.15) is 0 Å². The summed E-state index contributed by atoms with van der Waals surface area (Å²) in [6, 6.07) is 3.57. The molecule has 1 aromatic rings. The number of hydrogen-bond acceptors (Lipinski definition) is 5. The number of ether oxygens (including phenoxy) is 1. The Bertz CT molecular complexity index is 531. The summed E-state index contributed by atoms with van der Waals surface area (Å²) in [7, 11) is -0.628. The molecule has 0 spiro atoms.